The molecule has 0 aliphatic carbocycles. The van der Waals surface area contributed by atoms with Gasteiger partial charge in [0.05, 0.1) is 17.4 Å². The van der Waals surface area contributed by atoms with Crippen LogP contribution < -0.4 is 5.32 Å². The topological polar surface area (TPSA) is 61.8 Å². The van der Waals surface area contributed by atoms with Crippen molar-refractivity contribution in [3.8, 4) is 0 Å². The molecule has 2 aliphatic rings. The molecule has 138 valence electrons. The summed E-state index contributed by atoms with van der Waals surface area (Å²) in [6.45, 7) is 2.77. The fraction of sp³-hybridized carbons (Fsp3) is 0.611. The highest BCUT2D eigenvalue weighted by Gasteiger charge is 2.43. The first-order valence-electron chi connectivity index (χ1n) is 8.78. The van der Waals surface area contributed by atoms with Crippen LogP contribution in [0.15, 0.2) is 18.2 Å². The summed E-state index contributed by atoms with van der Waals surface area (Å²) in [5.74, 6) is -1.76. The van der Waals surface area contributed by atoms with Crippen molar-refractivity contribution in [2.75, 3.05) is 31.6 Å². The van der Waals surface area contributed by atoms with Gasteiger partial charge in [-0.25, -0.2) is 8.78 Å². The maximum absolute atomic E-state index is 13.5. The van der Waals surface area contributed by atoms with Crippen molar-refractivity contribution >= 4 is 11.6 Å². The molecule has 1 aromatic carbocycles. The van der Waals surface area contributed by atoms with Gasteiger partial charge in [-0.1, -0.05) is 0 Å². The van der Waals surface area contributed by atoms with Crippen LogP contribution in [-0.4, -0.2) is 53.9 Å². The highest BCUT2D eigenvalue weighted by molar-refractivity contribution is 5.90. The van der Waals surface area contributed by atoms with Gasteiger partial charge >= 0.3 is 0 Å². The molecule has 0 aromatic heterocycles. The monoisotopic (exact) mass is 354 g/mol. The van der Waals surface area contributed by atoms with Crippen molar-refractivity contribution in [3.05, 3.63) is 29.8 Å². The van der Waals surface area contributed by atoms with Gasteiger partial charge in [-0.3, -0.25) is 4.79 Å². The number of aliphatic hydroxyl groups is 1. The number of carbonyl (C=O) groups excluding carboxylic acids is 1. The molecule has 2 N–H and O–H groups in total. The van der Waals surface area contributed by atoms with Gasteiger partial charge in [-0.05, 0) is 37.8 Å². The fourth-order valence-corrected chi connectivity index (χ4v) is 3.61. The molecule has 2 fully saturated rings. The second-order valence-corrected chi connectivity index (χ2v) is 6.84. The van der Waals surface area contributed by atoms with Crippen LogP contribution in [0.5, 0.6) is 0 Å². The third-order valence-corrected chi connectivity index (χ3v) is 5.18. The number of nitrogens with one attached hydrogen (secondary N) is 1. The van der Waals surface area contributed by atoms with Crippen molar-refractivity contribution < 1.29 is 23.4 Å². The van der Waals surface area contributed by atoms with Gasteiger partial charge in [0.1, 0.15) is 11.6 Å². The zero-order chi connectivity index (χ0) is 17.9. The van der Waals surface area contributed by atoms with E-state index in [1.807, 2.05) is 0 Å². The highest BCUT2D eigenvalue weighted by Crippen LogP contribution is 2.35. The van der Waals surface area contributed by atoms with E-state index in [0.29, 0.717) is 13.2 Å². The smallest absolute Gasteiger partial charge is 0.225 e. The third kappa shape index (κ3) is 4.34. The molecule has 1 atom stereocenters. The van der Waals surface area contributed by atoms with Gasteiger partial charge in [0.2, 0.25) is 5.91 Å². The van der Waals surface area contributed by atoms with E-state index in [-0.39, 0.29) is 18.0 Å². The van der Waals surface area contributed by atoms with E-state index in [1.165, 1.54) is 6.07 Å². The molecule has 5 nitrogen and oxygen atoms in total. The van der Waals surface area contributed by atoms with E-state index in [2.05, 4.69) is 10.2 Å². The second-order valence-electron chi connectivity index (χ2n) is 6.84. The number of carbonyl (C=O) groups is 1. The quantitative estimate of drug-likeness (QED) is 0.871. The molecule has 0 saturated carbocycles. The average Bonchev–Trinajstić information content (AvgIpc) is 2.60. The summed E-state index contributed by atoms with van der Waals surface area (Å²) in [6, 6.07) is 3.07. The Morgan fingerprint density at radius 1 is 1.36 bits per heavy atom. The van der Waals surface area contributed by atoms with E-state index >= 15 is 0 Å². The Balaban J connectivity index is 1.44. The molecule has 1 spiro atoms. The Labute approximate surface area is 146 Å². The first kappa shape index (κ1) is 18.2. The average molecular weight is 354 g/mol. The molecule has 1 aromatic rings. The number of likely N-dealkylation sites (tertiary alicyclic amines) is 1. The molecule has 7 heteroatoms. The van der Waals surface area contributed by atoms with Gasteiger partial charge < -0.3 is 20.1 Å². The minimum atomic E-state index is -0.781. The van der Waals surface area contributed by atoms with E-state index in [1.54, 1.807) is 0 Å². The molecule has 2 aliphatic heterocycles. The zero-order valence-corrected chi connectivity index (χ0v) is 14.1. The van der Waals surface area contributed by atoms with Crippen molar-refractivity contribution in [2.24, 2.45) is 0 Å². The second kappa shape index (κ2) is 7.76. The Morgan fingerprint density at radius 2 is 2.12 bits per heavy atom. The summed E-state index contributed by atoms with van der Waals surface area (Å²) in [4.78, 5) is 14.1. The van der Waals surface area contributed by atoms with Crippen LogP contribution in [0.25, 0.3) is 0 Å². The largest absolute Gasteiger partial charge is 0.390 e. The molecule has 2 saturated heterocycles. The van der Waals surface area contributed by atoms with E-state index in [4.69, 9.17) is 4.74 Å². The fourth-order valence-electron chi connectivity index (χ4n) is 3.61. The van der Waals surface area contributed by atoms with Crippen molar-refractivity contribution in [1.29, 1.82) is 0 Å². The van der Waals surface area contributed by atoms with Gasteiger partial charge in [0.25, 0.3) is 0 Å². The number of anilines is 1. The summed E-state index contributed by atoms with van der Waals surface area (Å²) in [5, 5.41) is 12.7. The lowest BCUT2D eigenvalue weighted by molar-refractivity contribution is -0.176. The van der Waals surface area contributed by atoms with Crippen LogP contribution in [0.4, 0.5) is 14.5 Å². The number of benzene rings is 1. The number of hydrogen-bond donors (Lipinski definition) is 2. The van der Waals surface area contributed by atoms with Crippen LogP contribution in [-0.2, 0) is 9.53 Å². The lowest BCUT2D eigenvalue weighted by Gasteiger charge is -2.46. The summed E-state index contributed by atoms with van der Waals surface area (Å²) in [7, 11) is 0. The number of ether oxygens (including phenoxy) is 1. The number of halogens is 2. The summed E-state index contributed by atoms with van der Waals surface area (Å²) < 4.78 is 32.3. The van der Waals surface area contributed by atoms with Gasteiger partial charge in [-0.2, -0.15) is 0 Å². The maximum atomic E-state index is 13.5. The molecular weight excluding hydrogens is 330 g/mol. The lowest BCUT2D eigenvalue weighted by Crippen LogP contribution is -2.55. The van der Waals surface area contributed by atoms with Crippen LogP contribution >= 0.6 is 0 Å². The maximum Gasteiger partial charge on any atom is 0.225 e. The first-order chi connectivity index (χ1) is 12.0. The summed E-state index contributed by atoms with van der Waals surface area (Å²) in [5.41, 5.74) is -0.434. The van der Waals surface area contributed by atoms with Crippen LogP contribution in [0.3, 0.4) is 0 Å². The van der Waals surface area contributed by atoms with Crippen molar-refractivity contribution in [3.63, 3.8) is 0 Å². The Hall–Kier alpha value is -1.57. The first-order valence-corrected chi connectivity index (χ1v) is 8.78. The Morgan fingerprint density at radius 3 is 2.80 bits per heavy atom. The minimum Gasteiger partial charge on any atom is -0.390 e. The Kier molecular flexibility index (Phi) is 5.66. The van der Waals surface area contributed by atoms with Gasteiger partial charge in [-0.15, -0.1) is 0 Å². The number of amides is 1. The lowest BCUT2D eigenvalue weighted by atomic mass is 9.82. The standard InChI is InChI=1S/C18H24F2N2O3/c19-13-3-4-15(14(20)12-13)21-17(24)5-8-22-9-6-18(7-10-22)16(23)2-1-11-25-18/h3-4,12,16,23H,1-2,5-11H2,(H,21,24). The van der Waals surface area contributed by atoms with E-state index in [0.717, 1.165) is 50.9 Å². The molecule has 1 amide bonds. The number of piperidine rings is 1. The molecule has 0 bridgehead atoms. The predicted molar refractivity (Wildman–Crippen MR) is 89.2 cm³/mol. The SMILES string of the molecule is O=C(CCN1CCC2(CC1)OCCCC2O)Nc1ccc(F)cc1F. The van der Waals surface area contributed by atoms with Gasteiger partial charge in [0, 0.05) is 38.7 Å². The van der Waals surface area contributed by atoms with Crippen LogP contribution in [0.1, 0.15) is 32.1 Å². The Bertz CT molecular complexity index is 618. The minimum absolute atomic E-state index is 0.0114. The highest BCUT2D eigenvalue weighted by atomic mass is 19.1. The predicted octanol–water partition coefficient (Wildman–Crippen LogP) is 2.30. The molecule has 2 heterocycles. The zero-order valence-electron chi connectivity index (χ0n) is 14.1. The van der Waals surface area contributed by atoms with E-state index in [9.17, 15) is 18.7 Å². The van der Waals surface area contributed by atoms with Crippen LogP contribution in [0, 0.1) is 11.6 Å². The van der Waals surface area contributed by atoms with Gasteiger partial charge in [0.15, 0.2) is 0 Å². The number of aliphatic hydroxyl groups excluding tert-OH is 1. The summed E-state index contributed by atoms with van der Waals surface area (Å²) >= 11 is 0. The van der Waals surface area contributed by atoms with E-state index < -0.39 is 23.3 Å². The van der Waals surface area contributed by atoms with Crippen molar-refractivity contribution in [2.45, 2.75) is 43.8 Å². The number of rotatable bonds is 4. The number of hydrogen-bond acceptors (Lipinski definition) is 4. The summed E-state index contributed by atoms with van der Waals surface area (Å²) in [6.07, 6.45) is 3.00. The normalized spacial score (nSPS) is 23.6. The van der Waals surface area contributed by atoms with Crippen LogP contribution in [0.2, 0.25) is 0 Å². The number of nitrogens with zero attached hydrogens (tertiary/aromatic N) is 1. The molecular formula is C18H24F2N2O3. The van der Waals surface area contributed by atoms with Crippen molar-refractivity contribution in [1.82, 2.24) is 4.90 Å². The molecule has 1 unspecified atom stereocenters. The third-order valence-electron chi connectivity index (χ3n) is 5.18. The molecule has 3 rings (SSSR count). The molecule has 0 radical (unpaired) electrons. The molecule has 25 heavy (non-hydrogen) atoms.